The quantitative estimate of drug-likeness (QED) is 0.645. The number of aromatic hydroxyl groups is 1. The molecule has 1 fully saturated rings. The molecule has 0 aliphatic carbocycles. The Morgan fingerprint density at radius 2 is 1.85 bits per heavy atom. The molecule has 1 aliphatic rings. The lowest BCUT2D eigenvalue weighted by Gasteiger charge is -2.35. The van der Waals surface area contributed by atoms with Crippen molar-refractivity contribution in [3.05, 3.63) is 27.7 Å². The van der Waals surface area contributed by atoms with Crippen molar-refractivity contribution in [3.63, 3.8) is 0 Å². The Morgan fingerprint density at radius 3 is 2.40 bits per heavy atom. The Balaban J connectivity index is 2.49. The van der Waals surface area contributed by atoms with Crippen molar-refractivity contribution in [1.82, 2.24) is 10.2 Å². The lowest BCUT2D eigenvalue weighted by molar-refractivity contribution is 0.0148. The van der Waals surface area contributed by atoms with Gasteiger partial charge in [-0.25, -0.2) is 17.6 Å². The molecular formula is C12H13BrF4N2O. The van der Waals surface area contributed by atoms with Crippen LogP contribution in [-0.2, 0) is 0 Å². The number of hydrogen-bond donors (Lipinski definition) is 2. The van der Waals surface area contributed by atoms with Gasteiger partial charge >= 0.3 is 0 Å². The van der Waals surface area contributed by atoms with Crippen LogP contribution in [0.25, 0.3) is 0 Å². The standard InChI is InChI=1S/C12H13BrF4N2O/c13-6-5-7(14)9(15)8(11(6)20)10(12(16)17)19-3-1-18-2-4-19/h5,10,12,18,20H,1-4H2/t10-/m0/s1. The third-order valence-corrected chi connectivity index (χ3v) is 3.86. The third kappa shape index (κ3) is 2.91. The van der Waals surface area contributed by atoms with Crippen LogP contribution >= 0.6 is 15.9 Å². The van der Waals surface area contributed by atoms with Gasteiger partial charge in [0.25, 0.3) is 6.43 Å². The molecule has 1 atom stereocenters. The van der Waals surface area contributed by atoms with Gasteiger partial charge in [-0.05, 0) is 22.0 Å². The fourth-order valence-electron chi connectivity index (χ4n) is 2.30. The highest BCUT2D eigenvalue weighted by Crippen LogP contribution is 2.40. The van der Waals surface area contributed by atoms with Gasteiger partial charge in [0.05, 0.1) is 10.0 Å². The number of halogens is 5. The average molecular weight is 357 g/mol. The van der Waals surface area contributed by atoms with Crippen LogP contribution in [0.3, 0.4) is 0 Å². The molecule has 1 aromatic carbocycles. The molecule has 0 radical (unpaired) electrons. The molecule has 0 saturated carbocycles. The Morgan fingerprint density at radius 1 is 1.25 bits per heavy atom. The Bertz CT molecular complexity index is 469. The molecule has 2 rings (SSSR count). The van der Waals surface area contributed by atoms with E-state index in [1.807, 2.05) is 0 Å². The highest BCUT2D eigenvalue weighted by molar-refractivity contribution is 9.10. The second-order valence-corrected chi connectivity index (χ2v) is 5.34. The van der Waals surface area contributed by atoms with Crippen LogP contribution in [0.15, 0.2) is 10.5 Å². The van der Waals surface area contributed by atoms with Gasteiger partial charge in [0, 0.05) is 26.2 Å². The van der Waals surface area contributed by atoms with E-state index in [1.165, 1.54) is 4.90 Å². The maximum Gasteiger partial charge on any atom is 0.258 e. The van der Waals surface area contributed by atoms with Crippen LogP contribution in [0.5, 0.6) is 5.75 Å². The van der Waals surface area contributed by atoms with Gasteiger partial charge in [0.15, 0.2) is 11.6 Å². The van der Waals surface area contributed by atoms with Crippen LogP contribution in [0.4, 0.5) is 17.6 Å². The normalized spacial score (nSPS) is 18.5. The molecule has 0 unspecified atom stereocenters. The van der Waals surface area contributed by atoms with Gasteiger partial charge in [-0.1, -0.05) is 0 Å². The van der Waals surface area contributed by atoms with Crippen molar-refractivity contribution in [2.45, 2.75) is 12.5 Å². The van der Waals surface area contributed by atoms with Crippen molar-refractivity contribution in [2.24, 2.45) is 0 Å². The number of rotatable bonds is 3. The molecule has 2 N–H and O–H groups in total. The molecule has 0 amide bonds. The predicted octanol–water partition coefficient (Wildman–Crippen LogP) is 2.64. The number of hydrogen-bond acceptors (Lipinski definition) is 3. The number of piperazine rings is 1. The molecule has 112 valence electrons. The van der Waals surface area contributed by atoms with E-state index in [4.69, 9.17) is 0 Å². The monoisotopic (exact) mass is 356 g/mol. The molecule has 20 heavy (non-hydrogen) atoms. The summed E-state index contributed by atoms with van der Waals surface area (Å²) in [5.41, 5.74) is -0.700. The summed E-state index contributed by atoms with van der Waals surface area (Å²) in [4.78, 5) is 1.34. The van der Waals surface area contributed by atoms with Gasteiger partial charge in [-0.2, -0.15) is 0 Å². The molecule has 1 aliphatic heterocycles. The summed E-state index contributed by atoms with van der Waals surface area (Å²) in [6, 6.07) is -0.960. The van der Waals surface area contributed by atoms with E-state index < -0.39 is 35.4 Å². The van der Waals surface area contributed by atoms with Crippen molar-refractivity contribution >= 4 is 15.9 Å². The molecule has 1 heterocycles. The minimum atomic E-state index is -2.94. The Labute approximate surface area is 121 Å². The van der Waals surface area contributed by atoms with Gasteiger partial charge in [-0.15, -0.1) is 0 Å². The molecule has 1 saturated heterocycles. The Hall–Kier alpha value is -0.860. The Kier molecular flexibility index (Phi) is 4.87. The molecule has 8 heteroatoms. The van der Waals surface area contributed by atoms with Crippen LogP contribution in [-0.4, -0.2) is 42.6 Å². The van der Waals surface area contributed by atoms with E-state index in [9.17, 15) is 22.7 Å². The summed E-state index contributed by atoms with van der Waals surface area (Å²) < 4.78 is 53.8. The predicted molar refractivity (Wildman–Crippen MR) is 68.9 cm³/mol. The molecule has 0 spiro atoms. The summed E-state index contributed by atoms with van der Waals surface area (Å²) >= 11 is 2.84. The molecule has 1 aromatic rings. The fraction of sp³-hybridized carbons (Fsp3) is 0.500. The van der Waals surface area contributed by atoms with Gasteiger partial charge in [-0.3, -0.25) is 4.90 Å². The topological polar surface area (TPSA) is 35.5 Å². The summed E-state index contributed by atoms with van der Waals surface area (Å²) in [5.74, 6) is -3.40. The minimum Gasteiger partial charge on any atom is -0.506 e. The summed E-state index contributed by atoms with van der Waals surface area (Å²) in [7, 11) is 0. The minimum absolute atomic E-state index is 0.146. The first-order valence-electron chi connectivity index (χ1n) is 6.02. The number of benzene rings is 1. The zero-order valence-corrected chi connectivity index (χ0v) is 11.9. The number of alkyl halides is 2. The van der Waals surface area contributed by atoms with Gasteiger partial charge in [0.1, 0.15) is 11.8 Å². The van der Waals surface area contributed by atoms with Crippen LogP contribution in [0.1, 0.15) is 11.6 Å². The van der Waals surface area contributed by atoms with Crippen molar-refractivity contribution in [3.8, 4) is 5.75 Å². The summed E-state index contributed by atoms with van der Waals surface area (Å²) in [5, 5.41) is 12.8. The first-order chi connectivity index (χ1) is 9.43. The molecule has 0 aromatic heterocycles. The van der Waals surface area contributed by atoms with E-state index in [2.05, 4.69) is 21.2 Å². The number of phenols is 1. The molecule has 3 nitrogen and oxygen atoms in total. The zero-order chi connectivity index (χ0) is 14.9. The second kappa shape index (κ2) is 6.28. The van der Waals surface area contributed by atoms with Crippen LogP contribution in [0, 0.1) is 11.6 Å². The first kappa shape index (κ1) is 15.5. The highest BCUT2D eigenvalue weighted by atomic mass is 79.9. The maximum atomic E-state index is 13.9. The summed E-state index contributed by atoms with van der Waals surface area (Å²) in [6.45, 7) is 1.48. The lowest BCUT2D eigenvalue weighted by atomic mass is 10.0. The maximum absolute atomic E-state index is 13.9. The van der Waals surface area contributed by atoms with Crippen LogP contribution in [0.2, 0.25) is 0 Å². The van der Waals surface area contributed by atoms with E-state index in [-0.39, 0.29) is 17.6 Å². The van der Waals surface area contributed by atoms with Crippen molar-refractivity contribution in [2.75, 3.05) is 26.2 Å². The number of nitrogens with zero attached hydrogens (tertiary/aromatic N) is 1. The molecular weight excluding hydrogens is 344 g/mol. The van der Waals surface area contributed by atoms with Crippen molar-refractivity contribution < 1.29 is 22.7 Å². The summed E-state index contributed by atoms with van der Waals surface area (Å²) in [6.07, 6.45) is -2.94. The van der Waals surface area contributed by atoms with Crippen LogP contribution < -0.4 is 5.32 Å². The zero-order valence-electron chi connectivity index (χ0n) is 10.3. The highest BCUT2D eigenvalue weighted by Gasteiger charge is 2.36. The van der Waals surface area contributed by atoms with E-state index in [1.54, 1.807) is 0 Å². The van der Waals surface area contributed by atoms with Crippen molar-refractivity contribution in [1.29, 1.82) is 0 Å². The van der Waals surface area contributed by atoms with E-state index in [0.29, 0.717) is 19.2 Å². The number of phenolic OH excluding ortho intramolecular Hbond substituents is 1. The fourth-order valence-corrected chi connectivity index (χ4v) is 2.72. The SMILES string of the molecule is Oc1c(Br)cc(F)c(F)c1[C@@H](C(F)F)N1CCNCC1. The average Bonchev–Trinajstić information content (AvgIpc) is 2.42. The van der Waals surface area contributed by atoms with E-state index in [0.717, 1.165) is 0 Å². The second-order valence-electron chi connectivity index (χ2n) is 4.48. The third-order valence-electron chi connectivity index (χ3n) is 3.26. The van der Waals surface area contributed by atoms with Gasteiger partial charge in [0.2, 0.25) is 0 Å². The lowest BCUT2D eigenvalue weighted by Crippen LogP contribution is -2.47. The largest absolute Gasteiger partial charge is 0.506 e. The number of nitrogens with one attached hydrogen (secondary N) is 1. The smallest absolute Gasteiger partial charge is 0.258 e. The van der Waals surface area contributed by atoms with Gasteiger partial charge < -0.3 is 10.4 Å². The van der Waals surface area contributed by atoms with E-state index >= 15 is 0 Å². The molecule has 0 bridgehead atoms. The first-order valence-corrected chi connectivity index (χ1v) is 6.82.